The zero-order valence-corrected chi connectivity index (χ0v) is 11.3. The van der Waals surface area contributed by atoms with Gasteiger partial charge < -0.3 is 9.57 Å². The first kappa shape index (κ1) is 14.2. The Morgan fingerprint density at radius 3 is 2.39 bits per heavy atom. The fourth-order valence-corrected chi connectivity index (χ4v) is 1.13. The number of methoxy groups -OCH3 is 1. The minimum absolute atomic E-state index is 0.180. The molecule has 1 rings (SSSR count). The molecule has 0 amide bonds. The number of carbonyl (C=O) groups is 1. The van der Waals surface area contributed by atoms with E-state index in [0.717, 1.165) is 6.42 Å². The lowest BCUT2D eigenvalue weighted by atomic mass is 10.1. The van der Waals surface area contributed by atoms with E-state index in [1.54, 1.807) is 12.1 Å². The fourth-order valence-electron chi connectivity index (χ4n) is 1.13. The molecule has 0 spiro atoms. The van der Waals surface area contributed by atoms with Gasteiger partial charge in [-0.15, -0.1) is 0 Å². The van der Waals surface area contributed by atoms with Gasteiger partial charge in [-0.2, -0.15) is 0 Å². The Morgan fingerprint density at radius 1 is 1.28 bits per heavy atom. The topological polar surface area (TPSA) is 47.9 Å². The van der Waals surface area contributed by atoms with Gasteiger partial charge in [0.15, 0.2) is 5.71 Å². The Morgan fingerprint density at radius 2 is 1.89 bits per heavy atom. The van der Waals surface area contributed by atoms with Crippen molar-refractivity contribution < 1.29 is 14.4 Å². The number of hydrogen-bond acceptors (Lipinski definition) is 4. The van der Waals surface area contributed by atoms with E-state index in [1.165, 1.54) is 7.11 Å². The third kappa shape index (κ3) is 3.87. The molecular weight excluding hydrogens is 230 g/mol. The Hall–Kier alpha value is -1.84. The van der Waals surface area contributed by atoms with Gasteiger partial charge in [0.25, 0.3) is 0 Å². The number of ether oxygens (including phenoxy) is 1. The van der Waals surface area contributed by atoms with Crippen molar-refractivity contribution in [3.63, 3.8) is 0 Å². The molecule has 0 radical (unpaired) electrons. The number of benzene rings is 1. The van der Waals surface area contributed by atoms with Crippen LogP contribution in [0.1, 0.15) is 32.8 Å². The molecule has 0 aliphatic rings. The Kier molecular flexibility index (Phi) is 4.89. The molecular formula is C14H19NO3. The van der Waals surface area contributed by atoms with Crippen LogP contribution in [0, 0.1) is 0 Å². The van der Waals surface area contributed by atoms with Gasteiger partial charge in [0, 0.05) is 5.56 Å². The molecule has 0 atom stereocenters. The van der Waals surface area contributed by atoms with Crippen LogP contribution in [0.15, 0.2) is 35.5 Å². The average molecular weight is 249 g/mol. The Balaban J connectivity index is 3.00. The van der Waals surface area contributed by atoms with Gasteiger partial charge in [0.05, 0.1) is 7.11 Å². The van der Waals surface area contributed by atoms with Crippen LogP contribution in [0.5, 0.6) is 0 Å². The van der Waals surface area contributed by atoms with Gasteiger partial charge in [0.1, 0.15) is 5.60 Å². The first-order valence-electron chi connectivity index (χ1n) is 5.90. The Bertz CT molecular complexity index is 424. The first-order chi connectivity index (χ1) is 8.50. The largest absolute Gasteiger partial charge is 0.464 e. The number of carbonyl (C=O) groups excluding carboxylic acids is 1. The number of hydrogen-bond donors (Lipinski definition) is 0. The van der Waals surface area contributed by atoms with Crippen LogP contribution in [0.25, 0.3) is 0 Å². The van der Waals surface area contributed by atoms with Crippen molar-refractivity contribution in [2.75, 3.05) is 7.11 Å². The van der Waals surface area contributed by atoms with E-state index in [1.807, 2.05) is 39.0 Å². The van der Waals surface area contributed by atoms with Crippen molar-refractivity contribution in [1.82, 2.24) is 0 Å². The lowest BCUT2D eigenvalue weighted by Gasteiger charge is -2.20. The van der Waals surface area contributed by atoms with Gasteiger partial charge in [0.2, 0.25) is 0 Å². The SMILES string of the molecule is CCC(C)(C)O/N=C(\C(=O)OC)c1ccccc1. The molecule has 0 bridgehead atoms. The molecule has 0 aliphatic carbocycles. The lowest BCUT2D eigenvalue weighted by Crippen LogP contribution is -2.24. The first-order valence-corrected chi connectivity index (χ1v) is 5.90. The average Bonchev–Trinajstić information content (AvgIpc) is 2.39. The van der Waals surface area contributed by atoms with Gasteiger partial charge in [-0.05, 0) is 20.3 Å². The summed E-state index contributed by atoms with van der Waals surface area (Å²) in [5, 5.41) is 3.95. The molecule has 1 aromatic rings. The van der Waals surface area contributed by atoms with E-state index in [2.05, 4.69) is 5.16 Å². The summed E-state index contributed by atoms with van der Waals surface area (Å²) in [5.74, 6) is -0.506. The van der Waals surface area contributed by atoms with Gasteiger partial charge in [-0.3, -0.25) is 0 Å². The summed E-state index contributed by atoms with van der Waals surface area (Å²) in [4.78, 5) is 17.1. The molecule has 18 heavy (non-hydrogen) atoms. The lowest BCUT2D eigenvalue weighted by molar-refractivity contribution is -0.133. The molecule has 0 saturated carbocycles. The maximum atomic E-state index is 11.7. The summed E-state index contributed by atoms with van der Waals surface area (Å²) >= 11 is 0. The zero-order chi connectivity index (χ0) is 13.6. The number of nitrogens with zero attached hydrogens (tertiary/aromatic N) is 1. The highest BCUT2D eigenvalue weighted by Crippen LogP contribution is 2.15. The molecule has 0 saturated heterocycles. The standard InChI is InChI=1S/C14H19NO3/c1-5-14(2,3)18-15-12(13(16)17-4)11-9-7-6-8-10-11/h6-10H,5H2,1-4H3/b15-12-. The van der Waals surface area contributed by atoms with Crippen LogP contribution in [0.3, 0.4) is 0 Å². The maximum Gasteiger partial charge on any atom is 0.360 e. The van der Waals surface area contributed by atoms with Crippen molar-refractivity contribution >= 4 is 11.7 Å². The van der Waals surface area contributed by atoms with Gasteiger partial charge >= 0.3 is 5.97 Å². The maximum absolute atomic E-state index is 11.7. The molecule has 98 valence electrons. The predicted octanol–water partition coefficient (Wildman–Crippen LogP) is 2.77. The number of rotatable bonds is 5. The van der Waals surface area contributed by atoms with Crippen LogP contribution in [0.2, 0.25) is 0 Å². The van der Waals surface area contributed by atoms with Crippen LogP contribution < -0.4 is 0 Å². The summed E-state index contributed by atoms with van der Waals surface area (Å²) < 4.78 is 4.72. The molecule has 0 aliphatic heterocycles. The van der Waals surface area contributed by atoms with Crippen LogP contribution in [-0.2, 0) is 14.4 Å². The molecule has 4 heteroatoms. The second-order valence-corrected chi connectivity index (χ2v) is 4.50. The summed E-state index contributed by atoms with van der Waals surface area (Å²) in [6.45, 7) is 5.82. The molecule has 4 nitrogen and oxygen atoms in total. The van der Waals surface area contributed by atoms with Gasteiger partial charge in [-0.25, -0.2) is 4.79 Å². The summed E-state index contributed by atoms with van der Waals surface area (Å²) in [7, 11) is 1.33. The van der Waals surface area contributed by atoms with Crippen LogP contribution in [-0.4, -0.2) is 24.4 Å². The summed E-state index contributed by atoms with van der Waals surface area (Å²) in [6, 6.07) is 9.11. The van der Waals surface area contributed by atoms with Crippen molar-refractivity contribution in [3.8, 4) is 0 Å². The number of oxime groups is 1. The smallest absolute Gasteiger partial charge is 0.360 e. The summed E-state index contributed by atoms with van der Waals surface area (Å²) in [6.07, 6.45) is 0.791. The third-order valence-corrected chi connectivity index (χ3v) is 2.66. The highest BCUT2D eigenvalue weighted by Gasteiger charge is 2.20. The van der Waals surface area contributed by atoms with Crippen molar-refractivity contribution in [1.29, 1.82) is 0 Å². The van der Waals surface area contributed by atoms with Crippen molar-refractivity contribution in [2.45, 2.75) is 32.8 Å². The number of esters is 1. The van der Waals surface area contributed by atoms with Crippen molar-refractivity contribution in [3.05, 3.63) is 35.9 Å². The van der Waals surface area contributed by atoms with E-state index < -0.39 is 11.6 Å². The van der Waals surface area contributed by atoms with Gasteiger partial charge in [-0.1, -0.05) is 42.4 Å². The summed E-state index contributed by atoms with van der Waals surface area (Å²) in [5.41, 5.74) is 0.449. The van der Waals surface area contributed by atoms with E-state index in [4.69, 9.17) is 9.57 Å². The minimum atomic E-state index is -0.506. The molecule has 0 N–H and O–H groups in total. The third-order valence-electron chi connectivity index (χ3n) is 2.66. The highest BCUT2D eigenvalue weighted by molar-refractivity contribution is 6.43. The second kappa shape index (κ2) is 6.19. The molecule has 0 unspecified atom stereocenters. The van der Waals surface area contributed by atoms with E-state index >= 15 is 0 Å². The van der Waals surface area contributed by atoms with Crippen LogP contribution >= 0.6 is 0 Å². The fraction of sp³-hybridized carbons (Fsp3) is 0.429. The monoisotopic (exact) mass is 249 g/mol. The minimum Gasteiger partial charge on any atom is -0.464 e. The normalized spacial score (nSPS) is 12.1. The quantitative estimate of drug-likeness (QED) is 0.458. The van der Waals surface area contributed by atoms with Crippen LogP contribution in [0.4, 0.5) is 0 Å². The molecule has 0 fully saturated rings. The van der Waals surface area contributed by atoms with E-state index in [0.29, 0.717) is 5.56 Å². The van der Waals surface area contributed by atoms with Crippen molar-refractivity contribution in [2.24, 2.45) is 5.16 Å². The van der Waals surface area contributed by atoms with E-state index in [9.17, 15) is 4.79 Å². The molecule has 0 aromatic heterocycles. The predicted molar refractivity (Wildman–Crippen MR) is 70.5 cm³/mol. The second-order valence-electron chi connectivity index (χ2n) is 4.50. The Labute approximate surface area is 108 Å². The van der Waals surface area contributed by atoms with E-state index in [-0.39, 0.29) is 5.71 Å². The highest BCUT2D eigenvalue weighted by atomic mass is 16.7. The zero-order valence-electron chi connectivity index (χ0n) is 11.3. The molecule has 0 heterocycles. The molecule has 1 aromatic carbocycles.